The van der Waals surface area contributed by atoms with E-state index in [1.165, 1.54) is 0 Å². The molecule has 0 fully saturated rings. The summed E-state index contributed by atoms with van der Waals surface area (Å²) in [6.07, 6.45) is 3.57. The van der Waals surface area contributed by atoms with Crippen LogP contribution in [0.1, 0.15) is 5.56 Å². The van der Waals surface area contributed by atoms with Crippen LogP contribution in [0.15, 0.2) is 54.9 Å². The number of nitrogens with one attached hydrogen (secondary N) is 2. The quantitative estimate of drug-likeness (QED) is 0.768. The number of ether oxygens (including phenoxy) is 2. The average Bonchev–Trinajstić information content (AvgIpc) is 3.31. The van der Waals surface area contributed by atoms with Gasteiger partial charge in [-0.1, -0.05) is 18.2 Å². The molecule has 2 heterocycles. The van der Waals surface area contributed by atoms with Gasteiger partial charge in [-0.15, -0.1) is 0 Å². The Morgan fingerprint density at radius 3 is 2.96 bits per heavy atom. The fourth-order valence-corrected chi connectivity index (χ4v) is 2.96. The second-order valence-electron chi connectivity index (χ2n) is 5.81. The first-order chi connectivity index (χ1) is 12.2. The maximum Gasteiger partial charge on any atom is 0.265 e. The van der Waals surface area contributed by atoms with Crippen LogP contribution in [0, 0.1) is 0 Å². The van der Waals surface area contributed by atoms with Gasteiger partial charge in [-0.05, 0) is 23.8 Å². The molecule has 6 heteroatoms. The summed E-state index contributed by atoms with van der Waals surface area (Å²) in [5.74, 6) is 1.26. The zero-order valence-corrected chi connectivity index (χ0v) is 13.7. The van der Waals surface area contributed by atoms with E-state index in [0.717, 1.165) is 22.4 Å². The third-order valence-corrected chi connectivity index (χ3v) is 4.22. The van der Waals surface area contributed by atoms with E-state index in [1.54, 1.807) is 25.6 Å². The summed E-state index contributed by atoms with van der Waals surface area (Å²) in [7, 11) is 1.60. The molecular weight excluding hydrogens is 318 g/mol. The Bertz CT molecular complexity index is 881. The Labute approximate surface area is 144 Å². The zero-order chi connectivity index (χ0) is 17.2. The zero-order valence-electron chi connectivity index (χ0n) is 13.7. The molecule has 0 radical (unpaired) electrons. The van der Waals surface area contributed by atoms with Crippen molar-refractivity contribution >= 4 is 11.6 Å². The van der Waals surface area contributed by atoms with Crippen LogP contribution in [-0.4, -0.2) is 29.3 Å². The van der Waals surface area contributed by atoms with Crippen LogP contribution in [-0.2, 0) is 11.2 Å². The lowest BCUT2D eigenvalue weighted by Gasteiger charge is -2.13. The Kier molecular flexibility index (Phi) is 3.85. The van der Waals surface area contributed by atoms with Crippen molar-refractivity contribution in [3.8, 4) is 22.6 Å². The van der Waals surface area contributed by atoms with Gasteiger partial charge in [-0.2, -0.15) is 5.10 Å². The molecule has 1 unspecified atom stereocenters. The monoisotopic (exact) mass is 335 g/mol. The number of benzene rings is 2. The molecule has 2 aromatic carbocycles. The number of carbonyl (C=O) groups excluding carboxylic acids is 1. The van der Waals surface area contributed by atoms with Crippen LogP contribution in [0.5, 0.6) is 11.5 Å². The molecule has 2 N–H and O–H groups in total. The van der Waals surface area contributed by atoms with Gasteiger partial charge in [0.25, 0.3) is 5.91 Å². The van der Waals surface area contributed by atoms with Gasteiger partial charge in [-0.25, -0.2) is 0 Å². The van der Waals surface area contributed by atoms with E-state index in [-0.39, 0.29) is 5.91 Å². The molecule has 0 aliphatic carbocycles. The van der Waals surface area contributed by atoms with Crippen molar-refractivity contribution in [1.29, 1.82) is 0 Å². The molecule has 1 aliphatic heterocycles. The molecule has 0 saturated carbocycles. The van der Waals surface area contributed by atoms with Crippen molar-refractivity contribution in [3.05, 3.63) is 60.4 Å². The van der Waals surface area contributed by atoms with E-state index in [0.29, 0.717) is 17.9 Å². The first-order valence-corrected chi connectivity index (χ1v) is 7.97. The van der Waals surface area contributed by atoms with Gasteiger partial charge in [0.2, 0.25) is 0 Å². The van der Waals surface area contributed by atoms with E-state index in [1.807, 2.05) is 36.4 Å². The van der Waals surface area contributed by atoms with E-state index >= 15 is 0 Å². The minimum Gasteiger partial charge on any atom is -0.496 e. The SMILES string of the molecule is COc1cc(NC(=O)C2Cc3ccccc3O2)ccc1-c1cn[nH]c1. The summed E-state index contributed by atoms with van der Waals surface area (Å²) in [6, 6.07) is 13.2. The van der Waals surface area contributed by atoms with Crippen molar-refractivity contribution in [3.63, 3.8) is 0 Å². The first-order valence-electron chi connectivity index (χ1n) is 7.97. The summed E-state index contributed by atoms with van der Waals surface area (Å²) in [6.45, 7) is 0. The van der Waals surface area contributed by atoms with Gasteiger partial charge >= 0.3 is 0 Å². The van der Waals surface area contributed by atoms with Crippen LogP contribution >= 0.6 is 0 Å². The number of hydrogen-bond acceptors (Lipinski definition) is 4. The van der Waals surface area contributed by atoms with E-state index in [2.05, 4.69) is 15.5 Å². The van der Waals surface area contributed by atoms with Crippen LogP contribution in [0.2, 0.25) is 0 Å². The van der Waals surface area contributed by atoms with Gasteiger partial charge in [0.1, 0.15) is 11.5 Å². The second kappa shape index (κ2) is 6.32. The van der Waals surface area contributed by atoms with Gasteiger partial charge in [0.15, 0.2) is 6.10 Å². The topological polar surface area (TPSA) is 76.2 Å². The minimum atomic E-state index is -0.517. The van der Waals surface area contributed by atoms with Crippen molar-refractivity contribution in [2.45, 2.75) is 12.5 Å². The standard InChI is InChI=1S/C19H17N3O3/c1-24-17-9-14(6-7-15(17)13-10-20-21-11-13)22-19(23)18-8-12-4-2-3-5-16(12)25-18/h2-7,9-11,18H,8H2,1H3,(H,20,21)(H,22,23). The molecule has 4 rings (SSSR count). The van der Waals surface area contributed by atoms with Crippen molar-refractivity contribution in [1.82, 2.24) is 10.2 Å². The van der Waals surface area contributed by atoms with Crippen LogP contribution < -0.4 is 14.8 Å². The molecule has 0 spiro atoms. The largest absolute Gasteiger partial charge is 0.496 e. The third kappa shape index (κ3) is 2.94. The highest BCUT2D eigenvalue weighted by molar-refractivity contribution is 5.95. The Morgan fingerprint density at radius 2 is 2.20 bits per heavy atom. The highest BCUT2D eigenvalue weighted by Crippen LogP contribution is 2.33. The molecule has 1 atom stereocenters. The number of H-pyrrole nitrogens is 1. The Balaban J connectivity index is 1.51. The lowest BCUT2D eigenvalue weighted by molar-refractivity contribution is -0.122. The summed E-state index contributed by atoms with van der Waals surface area (Å²) in [4.78, 5) is 12.5. The van der Waals surface area contributed by atoms with Gasteiger partial charge in [0.05, 0.1) is 13.3 Å². The number of anilines is 1. The number of aromatic amines is 1. The summed E-state index contributed by atoms with van der Waals surface area (Å²) < 4.78 is 11.2. The number of aromatic nitrogens is 2. The number of carbonyl (C=O) groups is 1. The molecule has 0 saturated heterocycles. The minimum absolute atomic E-state index is 0.172. The molecule has 6 nitrogen and oxygen atoms in total. The normalized spacial score (nSPS) is 15.3. The van der Waals surface area contributed by atoms with Gasteiger partial charge in [-0.3, -0.25) is 9.89 Å². The van der Waals surface area contributed by atoms with Crippen molar-refractivity contribution in [2.75, 3.05) is 12.4 Å². The fourth-order valence-electron chi connectivity index (χ4n) is 2.96. The Morgan fingerprint density at radius 1 is 1.32 bits per heavy atom. The Hall–Kier alpha value is -3.28. The lowest BCUT2D eigenvalue weighted by atomic mass is 10.1. The van der Waals surface area contributed by atoms with Gasteiger partial charge in [0, 0.05) is 35.5 Å². The highest BCUT2D eigenvalue weighted by atomic mass is 16.5. The summed E-state index contributed by atoms with van der Waals surface area (Å²) >= 11 is 0. The maximum absolute atomic E-state index is 12.5. The predicted molar refractivity (Wildman–Crippen MR) is 93.8 cm³/mol. The van der Waals surface area contributed by atoms with E-state index in [9.17, 15) is 4.79 Å². The molecule has 126 valence electrons. The number of nitrogens with zero attached hydrogens (tertiary/aromatic N) is 1. The third-order valence-electron chi connectivity index (χ3n) is 4.22. The second-order valence-corrected chi connectivity index (χ2v) is 5.81. The first kappa shape index (κ1) is 15.3. The van der Waals surface area contributed by atoms with E-state index in [4.69, 9.17) is 9.47 Å². The lowest BCUT2D eigenvalue weighted by Crippen LogP contribution is -2.31. The average molecular weight is 335 g/mol. The number of para-hydroxylation sites is 1. The van der Waals surface area contributed by atoms with Crippen LogP contribution in [0.3, 0.4) is 0 Å². The van der Waals surface area contributed by atoms with Crippen LogP contribution in [0.25, 0.3) is 11.1 Å². The number of hydrogen-bond donors (Lipinski definition) is 2. The highest BCUT2D eigenvalue weighted by Gasteiger charge is 2.28. The summed E-state index contributed by atoms with van der Waals surface area (Å²) in [5.41, 5.74) is 3.53. The van der Waals surface area contributed by atoms with Crippen molar-refractivity contribution < 1.29 is 14.3 Å². The number of amides is 1. The predicted octanol–water partition coefficient (Wildman–Crippen LogP) is 3.03. The van der Waals surface area contributed by atoms with E-state index < -0.39 is 6.10 Å². The molecule has 25 heavy (non-hydrogen) atoms. The smallest absolute Gasteiger partial charge is 0.265 e. The fraction of sp³-hybridized carbons (Fsp3) is 0.158. The number of fused-ring (bicyclic) bond motifs is 1. The number of methoxy groups -OCH3 is 1. The molecular formula is C19H17N3O3. The molecule has 1 aliphatic rings. The van der Waals surface area contributed by atoms with Crippen molar-refractivity contribution in [2.24, 2.45) is 0 Å². The number of rotatable bonds is 4. The molecule has 3 aromatic rings. The van der Waals surface area contributed by atoms with Gasteiger partial charge < -0.3 is 14.8 Å². The molecule has 0 bridgehead atoms. The molecule has 1 aromatic heterocycles. The molecule has 1 amide bonds. The summed E-state index contributed by atoms with van der Waals surface area (Å²) in [5, 5.41) is 9.63. The maximum atomic E-state index is 12.5. The van der Waals surface area contributed by atoms with Crippen LogP contribution in [0.4, 0.5) is 5.69 Å².